The predicted octanol–water partition coefficient (Wildman–Crippen LogP) is 5.81. The Hall–Kier alpha value is -2.30. The van der Waals surface area contributed by atoms with Crippen LogP contribution in [0.1, 0.15) is 72.4 Å². The first-order chi connectivity index (χ1) is 14.0. The topological polar surface area (TPSA) is 64.6 Å². The predicted molar refractivity (Wildman–Crippen MR) is 119 cm³/mol. The minimum atomic E-state index is -0.716. The van der Waals surface area contributed by atoms with Gasteiger partial charge in [-0.25, -0.2) is 9.59 Å². The molecular weight excluding hydrogens is 378 g/mol. The van der Waals surface area contributed by atoms with E-state index >= 15 is 0 Å². The van der Waals surface area contributed by atoms with Gasteiger partial charge in [-0.3, -0.25) is 0 Å². The largest absolute Gasteiger partial charge is 0.459 e. The van der Waals surface area contributed by atoms with Gasteiger partial charge in [0.1, 0.15) is 11.7 Å². The molecule has 1 aliphatic carbocycles. The van der Waals surface area contributed by atoms with Crippen LogP contribution in [0.4, 0.5) is 4.79 Å². The van der Waals surface area contributed by atoms with Crippen molar-refractivity contribution in [2.24, 2.45) is 17.8 Å². The maximum Gasteiger partial charge on any atom is 0.408 e. The molecule has 0 unspecified atom stereocenters. The van der Waals surface area contributed by atoms with Gasteiger partial charge in [-0.1, -0.05) is 64.1 Å². The lowest BCUT2D eigenvalue weighted by molar-refractivity contribution is -0.151. The summed E-state index contributed by atoms with van der Waals surface area (Å²) in [6, 6.07) is 8.57. The smallest absolute Gasteiger partial charge is 0.408 e. The summed E-state index contributed by atoms with van der Waals surface area (Å²) in [5, 5.41) is 2.79. The van der Waals surface area contributed by atoms with Gasteiger partial charge in [-0.15, -0.1) is 0 Å². The van der Waals surface area contributed by atoms with Crippen LogP contribution in [0.3, 0.4) is 0 Å². The second kappa shape index (κ2) is 10.1. The highest BCUT2D eigenvalue weighted by atomic mass is 16.6. The molecule has 0 bridgehead atoms. The van der Waals surface area contributed by atoms with E-state index in [1.165, 1.54) is 0 Å². The number of nitrogens with one attached hydrogen (secondary N) is 1. The number of ether oxygens (including phenoxy) is 2. The zero-order valence-electron chi connectivity index (χ0n) is 19.2. The maximum atomic E-state index is 13.1. The van der Waals surface area contributed by atoms with Crippen molar-refractivity contribution in [3.8, 4) is 0 Å². The van der Waals surface area contributed by atoms with Gasteiger partial charge in [0, 0.05) is 0 Å². The van der Waals surface area contributed by atoms with E-state index in [9.17, 15) is 9.59 Å². The van der Waals surface area contributed by atoms with Crippen LogP contribution < -0.4 is 5.32 Å². The molecule has 166 valence electrons. The monoisotopic (exact) mass is 415 g/mol. The number of rotatable bonds is 6. The first kappa shape index (κ1) is 24.0. The third-order valence-corrected chi connectivity index (χ3v) is 5.62. The van der Waals surface area contributed by atoms with E-state index in [2.05, 4.69) is 32.7 Å². The zero-order chi connectivity index (χ0) is 22.5. The Balaban J connectivity index is 2.18. The Labute approximate surface area is 181 Å². The van der Waals surface area contributed by atoms with Gasteiger partial charge in [-0.2, -0.15) is 0 Å². The Kier molecular flexibility index (Phi) is 8.10. The second-order valence-electron chi connectivity index (χ2n) is 9.79. The lowest BCUT2D eigenvalue weighted by Gasteiger charge is -2.37. The summed E-state index contributed by atoms with van der Waals surface area (Å²) in [6.07, 6.45) is 2.34. The fraction of sp³-hybridized carbons (Fsp3) is 0.600. The van der Waals surface area contributed by atoms with Crippen molar-refractivity contribution >= 4 is 12.1 Å². The van der Waals surface area contributed by atoms with E-state index in [1.54, 1.807) is 20.8 Å². The Morgan fingerprint density at radius 3 is 2.33 bits per heavy atom. The van der Waals surface area contributed by atoms with Gasteiger partial charge in [0.25, 0.3) is 0 Å². The highest BCUT2D eigenvalue weighted by molar-refractivity contribution is 5.90. The van der Waals surface area contributed by atoms with E-state index < -0.39 is 23.7 Å². The number of amides is 1. The average molecular weight is 416 g/mol. The third-order valence-electron chi connectivity index (χ3n) is 5.62. The molecule has 4 atom stereocenters. The Morgan fingerprint density at radius 1 is 1.13 bits per heavy atom. The molecule has 5 heteroatoms. The lowest BCUT2D eigenvalue weighted by Crippen LogP contribution is -2.39. The van der Waals surface area contributed by atoms with Gasteiger partial charge in [0.05, 0.1) is 11.6 Å². The summed E-state index contributed by atoms with van der Waals surface area (Å²) >= 11 is 0. The van der Waals surface area contributed by atoms with Crippen LogP contribution in [-0.2, 0) is 14.3 Å². The summed E-state index contributed by atoms with van der Waals surface area (Å²) in [7, 11) is 0. The summed E-state index contributed by atoms with van der Waals surface area (Å²) in [5.41, 5.74) is 0.311. The molecule has 0 heterocycles. The SMILES string of the molecule is C=C(C(=O)O[C@@H]1C[C@H](C)CC[C@H]1C(C)C)[C@@H](NC(=O)OC(C)(C)C)c1ccccc1. The molecule has 2 rings (SSSR count). The zero-order valence-corrected chi connectivity index (χ0v) is 19.2. The molecule has 0 radical (unpaired) electrons. The molecule has 1 aromatic rings. The van der Waals surface area contributed by atoms with Crippen LogP contribution in [0.15, 0.2) is 42.5 Å². The van der Waals surface area contributed by atoms with Crippen LogP contribution in [-0.4, -0.2) is 23.8 Å². The van der Waals surface area contributed by atoms with Crippen molar-refractivity contribution in [3.05, 3.63) is 48.0 Å². The van der Waals surface area contributed by atoms with E-state index in [0.717, 1.165) is 24.8 Å². The maximum absolute atomic E-state index is 13.1. The minimum absolute atomic E-state index is 0.129. The molecule has 30 heavy (non-hydrogen) atoms. The van der Waals surface area contributed by atoms with Crippen molar-refractivity contribution in [1.82, 2.24) is 5.32 Å². The van der Waals surface area contributed by atoms with Crippen LogP contribution >= 0.6 is 0 Å². The molecule has 0 spiro atoms. The number of carbonyl (C=O) groups excluding carboxylic acids is 2. The van der Waals surface area contributed by atoms with E-state index in [1.807, 2.05) is 30.3 Å². The number of hydrogen-bond acceptors (Lipinski definition) is 4. The minimum Gasteiger partial charge on any atom is -0.459 e. The molecule has 1 fully saturated rings. The molecule has 1 amide bonds. The van der Waals surface area contributed by atoms with Crippen molar-refractivity contribution in [2.75, 3.05) is 0 Å². The van der Waals surface area contributed by atoms with Gasteiger partial charge < -0.3 is 14.8 Å². The van der Waals surface area contributed by atoms with Crippen LogP contribution in [0.5, 0.6) is 0 Å². The Bertz CT molecular complexity index is 735. The van der Waals surface area contributed by atoms with Crippen molar-refractivity contribution in [2.45, 2.75) is 78.6 Å². The van der Waals surface area contributed by atoms with E-state index in [-0.39, 0.29) is 11.7 Å². The fourth-order valence-corrected chi connectivity index (χ4v) is 4.02. The van der Waals surface area contributed by atoms with Crippen molar-refractivity contribution in [3.63, 3.8) is 0 Å². The van der Waals surface area contributed by atoms with Gasteiger partial charge in [0.15, 0.2) is 0 Å². The van der Waals surface area contributed by atoms with Crippen molar-refractivity contribution < 1.29 is 19.1 Å². The molecule has 1 aromatic carbocycles. The van der Waals surface area contributed by atoms with Crippen LogP contribution in [0, 0.1) is 17.8 Å². The van der Waals surface area contributed by atoms with Gasteiger partial charge >= 0.3 is 12.1 Å². The first-order valence-corrected chi connectivity index (χ1v) is 10.9. The van der Waals surface area contributed by atoms with Gasteiger partial charge in [-0.05, 0) is 56.9 Å². The summed E-state index contributed by atoms with van der Waals surface area (Å²) in [4.78, 5) is 25.5. The molecule has 0 saturated heterocycles. The van der Waals surface area contributed by atoms with Crippen LogP contribution in [0.25, 0.3) is 0 Å². The molecule has 1 saturated carbocycles. The summed E-state index contributed by atoms with van der Waals surface area (Å²) in [5.74, 6) is 0.834. The Morgan fingerprint density at radius 2 is 1.77 bits per heavy atom. The second-order valence-corrected chi connectivity index (χ2v) is 9.79. The molecule has 5 nitrogen and oxygen atoms in total. The molecule has 0 aliphatic heterocycles. The van der Waals surface area contributed by atoms with E-state index in [4.69, 9.17) is 9.47 Å². The average Bonchev–Trinajstić information content (AvgIpc) is 2.64. The third kappa shape index (κ3) is 6.89. The van der Waals surface area contributed by atoms with Gasteiger partial charge in [0.2, 0.25) is 0 Å². The molecule has 1 aliphatic rings. The highest BCUT2D eigenvalue weighted by Gasteiger charge is 2.35. The number of hydrogen-bond donors (Lipinski definition) is 1. The van der Waals surface area contributed by atoms with E-state index in [0.29, 0.717) is 17.8 Å². The quantitative estimate of drug-likeness (QED) is 0.470. The highest BCUT2D eigenvalue weighted by Crippen LogP contribution is 2.36. The molecule has 1 N–H and O–H groups in total. The normalized spacial score (nSPS) is 22.8. The summed E-state index contributed by atoms with van der Waals surface area (Å²) in [6.45, 7) is 15.9. The number of alkyl carbamates (subject to hydrolysis) is 1. The number of esters is 1. The standard InChI is InChI=1S/C25H37NO4/c1-16(2)20-14-13-17(3)15-21(20)29-23(27)18(4)22(19-11-9-8-10-12-19)26-24(28)30-25(5,6)7/h8-12,16-17,20-22H,4,13-15H2,1-3,5-7H3,(H,26,28)/t17-,20+,21-,22-/m1/s1. The lowest BCUT2D eigenvalue weighted by atomic mass is 9.75. The van der Waals surface area contributed by atoms with Crippen LogP contribution in [0.2, 0.25) is 0 Å². The molecular formula is C25H37NO4. The molecule has 0 aromatic heterocycles. The fourth-order valence-electron chi connectivity index (χ4n) is 4.02. The van der Waals surface area contributed by atoms with Crippen molar-refractivity contribution in [1.29, 1.82) is 0 Å². The first-order valence-electron chi connectivity index (χ1n) is 10.9. The number of benzene rings is 1. The number of carbonyl (C=O) groups is 2. The summed E-state index contributed by atoms with van der Waals surface area (Å²) < 4.78 is 11.3.